The largest absolute Gasteiger partial charge is 0.503 e. The van der Waals surface area contributed by atoms with Crippen LogP contribution in [0.25, 0.3) is 10.8 Å². The zero-order valence-corrected chi connectivity index (χ0v) is 9.09. The van der Waals surface area contributed by atoms with E-state index in [1.165, 1.54) is 6.07 Å². The molecule has 2 aromatic carbocycles. The molecular weight excluding hydrogens is 210 g/mol. The van der Waals surface area contributed by atoms with Crippen LogP contribution in [0.3, 0.4) is 0 Å². The van der Waals surface area contributed by atoms with Gasteiger partial charge in [0.2, 0.25) is 0 Å². The van der Waals surface area contributed by atoms with Crippen LogP contribution in [0.1, 0.15) is 25.3 Å². The third kappa shape index (κ3) is 1.43. The first-order valence-electron chi connectivity index (χ1n) is 5.12. The summed E-state index contributed by atoms with van der Waals surface area (Å²) in [6.45, 7) is 3.62. The van der Waals surface area contributed by atoms with Crippen LogP contribution in [0.5, 0.6) is 5.75 Å². The Morgan fingerprint density at radius 2 is 1.56 bits per heavy atom. The highest BCUT2D eigenvalue weighted by Gasteiger charge is 2.20. The van der Waals surface area contributed by atoms with Crippen LogP contribution >= 0.6 is 0 Å². The van der Waals surface area contributed by atoms with Crippen molar-refractivity contribution in [2.24, 2.45) is 0 Å². The van der Waals surface area contributed by atoms with Crippen LogP contribution in [0.15, 0.2) is 24.3 Å². The summed E-state index contributed by atoms with van der Waals surface area (Å²) >= 11 is 0. The van der Waals surface area contributed by atoms with Crippen LogP contribution in [-0.2, 0) is 0 Å². The Bertz CT molecular complexity index is 547. The Hall–Kier alpha value is -1.64. The third-order valence-corrected chi connectivity index (χ3v) is 2.68. The Labute approximate surface area is 92.3 Å². The van der Waals surface area contributed by atoms with E-state index in [0.717, 1.165) is 0 Å². The Balaban J connectivity index is 2.98. The maximum Gasteiger partial charge on any atom is 0.188 e. The van der Waals surface area contributed by atoms with Crippen molar-refractivity contribution >= 4 is 10.8 Å². The third-order valence-electron chi connectivity index (χ3n) is 2.68. The van der Waals surface area contributed by atoms with E-state index in [0.29, 0.717) is 10.9 Å². The number of aromatic hydroxyl groups is 1. The second kappa shape index (κ2) is 3.74. The SMILES string of the molecule is CC(C)c1c(F)c(O)c(F)c2ccccc12. The molecular formula is C13H12F2O. The summed E-state index contributed by atoms with van der Waals surface area (Å²) in [5.74, 6) is -2.75. The van der Waals surface area contributed by atoms with Gasteiger partial charge in [0.1, 0.15) is 0 Å². The van der Waals surface area contributed by atoms with E-state index in [9.17, 15) is 13.9 Å². The number of hydrogen-bond donors (Lipinski definition) is 1. The molecule has 1 nitrogen and oxygen atoms in total. The fourth-order valence-corrected chi connectivity index (χ4v) is 1.94. The summed E-state index contributed by atoms with van der Waals surface area (Å²) in [4.78, 5) is 0. The van der Waals surface area contributed by atoms with Gasteiger partial charge in [-0.3, -0.25) is 0 Å². The molecule has 0 saturated heterocycles. The highest BCUT2D eigenvalue weighted by molar-refractivity contribution is 5.88. The molecule has 0 saturated carbocycles. The fraction of sp³-hybridized carbons (Fsp3) is 0.231. The van der Waals surface area contributed by atoms with Crippen LogP contribution < -0.4 is 0 Å². The van der Waals surface area contributed by atoms with Gasteiger partial charge in [-0.15, -0.1) is 0 Å². The minimum atomic E-state index is -0.891. The number of fused-ring (bicyclic) bond motifs is 1. The minimum Gasteiger partial charge on any atom is -0.503 e. The van der Waals surface area contributed by atoms with Crippen LogP contribution in [0.2, 0.25) is 0 Å². The monoisotopic (exact) mass is 222 g/mol. The molecule has 0 spiro atoms. The summed E-state index contributed by atoms with van der Waals surface area (Å²) in [5, 5.41) is 10.2. The van der Waals surface area contributed by atoms with Crippen molar-refractivity contribution in [3.8, 4) is 5.75 Å². The van der Waals surface area contributed by atoms with E-state index < -0.39 is 17.4 Å². The van der Waals surface area contributed by atoms with E-state index in [1.807, 2.05) is 13.8 Å². The molecule has 1 N–H and O–H groups in total. The average molecular weight is 222 g/mol. The molecule has 3 heteroatoms. The number of phenols is 1. The Morgan fingerprint density at radius 1 is 1.00 bits per heavy atom. The predicted octanol–water partition coefficient (Wildman–Crippen LogP) is 3.95. The van der Waals surface area contributed by atoms with Crippen LogP contribution in [-0.4, -0.2) is 5.11 Å². The topological polar surface area (TPSA) is 20.2 Å². The van der Waals surface area contributed by atoms with Gasteiger partial charge < -0.3 is 5.11 Å². The van der Waals surface area contributed by atoms with Gasteiger partial charge in [-0.25, -0.2) is 8.78 Å². The lowest BCUT2D eigenvalue weighted by Crippen LogP contribution is -1.98. The lowest BCUT2D eigenvalue weighted by Gasteiger charge is -2.13. The lowest BCUT2D eigenvalue weighted by molar-refractivity contribution is 0.396. The van der Waals surface area contributed by atoms with Crippen molar-refractivity contribution in [1.82, 2.24) is 0 Å². The molecule has 0 aromatic heterocycles. The quantitative estimate of drug-likeness (QED) is 0.774. The van der Waals surface area contributed by atoms with Crippen LogP contribution in [0, 0.1) is 11.6 Å². The number of phenolic OH excluding ortho intramolecular Hbond substituents is 1. The van der Waals surface area contributed by atoms with Crippen LogP contribution in [0.4, 0.5) is 8.78 Å². The van der Waals surface area contributed by atoms with Crippen molar-refractivity contribution in [2.75, 3.05) is 0 Å². The summed E-state index contributed by atoms with van der Waals surface area (Å²) < 4.78 is 27.4. The van der Waals surface area contributed by atoms with Crippen molar-refractivity contribution in [2.45, 2.75) is 19.8 Å². The number of hydrogen-bond acceptors (Lipinski definition) is 1. The zero-order chi connectivity index (χ0) is 11.9. The van der Waals surface area contributed by atoms with Gasteiger partial charge in [-0.05, 0) is 11.3 Å². The van der Waals surface area contributed by atoms with E-state index in [1.54, 1.807) is 18.2 Å². The van der Waals surface area contributed by atoms with Crippen molar-refractivity contribution in [3.05, 3.63) is 41.5 Å². The van der Waals surface area contributed by atoms with Gasteiger partial charge in [0.25, 0.3) is 0 Å². The van der Waals surface area contributed by atoms with E-state index >= 15 is 0 Å². The highest BCUT2D eigenvalue weighted by atomic mass is 19.1. The summed E-state index contributed by atoms with van der Waals surface area (Å²) in [6, 6.07) is 6.59. The first-order chi connectivity index (χ1) is 7.54. The maximum absolute atomic E-state index is 13.8. The standard InChI is InChI=1S/C13H12F2O/c1-7(2)10-8-5-3-4-6-9(8)11(14)13(16)12(10)15/h3-7,16H,1-2H3. The minimum absolute atomic E-state index is 0.114. The molecule has 0 unspecified atom stereocenters. The van der Waals surface area contributed by atoms with Gasteiger partial charge in [0, 0.05) is 10.9 Å². The number of benzene rings is 2. The molecule has 0 amide bonds. The molecule has 0 heterocycles. The highest BCUT2D eigenvalue weighted by Crippen LogP contribution is 2.36. The van der Waals surface area contributed by atoms with Gasteiger partial charge in [0.05, 0.1) is 0 Å². The number of halogens is 2. The Kier molecular flexibility index (Phi) is 2.54. The molecule has 2 rings (SSSR count). The zero-order valence-electron chi connectivity index (χ0n) is 9.09. The normalized spacial score (nSPS) is 11.3. The molecule has 2 aromatic rings. The molecule has 16 heavy (non-hydrogen) atoms. The molecule has 0 aliphatic rings. The molecule has 0 fully saturated rings. The second-order valence-electron chi connectivity index (χ2n) is 4.09. The molecule has 0 aliphatic heterocycles. The van der Waals surface area contributed by atoms with Gasteiger partial charge in [0.15, 0.2) is 17.4 Å². The smallest absolute Gasteiger partial charge is 0.188 e. The van der Waals surface area contributed by atoms with E-state index in [4.69, 9.17) is 0 Å². The summed E-state index contributed by atoms with van der Waals surface area (Å²) in [6.07, 6.45) is 0. The summed E-state index contributed by atoms with van der Waals surface area (Å²) in [5.41, 5.74) is 0.356. The predicted molar refractivity (Wildman–Crippen MR) is 59.6 cm³/mol. The molecule has 0 atom stereocenters. The number of rotatable bonds is 1. The van der Waals surface area contributed by atoms with Crippen molar-refractivity contribution in [3.63, 3.8) is 0 Å². The van der Waals surface area contributed by atoms with Gasteiger partial charge >= 0.3 is 0 Å². The first kappa shape index (κ1) is 10.9. The van der Waals surface area contributed by atoms with Crippen molar-refractivity contribution < 1.29 is 13.9 Å². The van der Waals surface area contributed by atoms with Crippen molar-refractivity contribution in [1.29, 1.82) is 0 Å². The Morgan fingerprint density at radius 3 is 2.12 bits per heavy atom. The van der Waals surface area contributed by atoms with Gasteiger partial charge in [-0.2, -0.15) is 0 Å². The maximum atomic E-state index is 13.8. The molecule has 0 radical (unpaired) electrons. The molecule has 84 valence electrons. The lowest BCUT2D eigenvalue weighted by atomic mass is 9.94. The average Bonchev–Trinajstić information content (AvgIpc) is 2.26. The molecule has 0 bridgehead atoms. The fourth-order valence-electron chi connectivity index (χ4n) is 1.94. The van der Waals surface area contributed by atoms with E-state index in [-0.39, 0.29) is 11.3 Å². The van der Waals surface area contributed by atoms with Gasteiger partial charge in [-0.1, -0.05) is 38.1 Å². The van der Waals surface area contributed by atoms with E-state index in [2.05, 4.69) is 0 Å². The second-order valence-corrected chi connectivity index (χ2v) is 4.09. The molecule has 0 aliphatic carbocycles. The summed E-state index contributed by atoms with van der Waals surface area (Å²) in [7, 11) is 0. The first-order valence-corrected chi connectivity index (χ1v) is 5.12.